The molecule has 1 aromatic carbocycles. The van der Waals surface area contributed by atoms with E-state index in [0.29, 0.717) is 0 Å². The number of benzene rings is 1. The number of nitrogens with two attached hydrogens (primary N) is 1. The summed E-state index contributed by atoms with van der Waals surface area (Å²) in [6.07, 6.45) is 9.32. The highest BCUT2D eigenvalue weighted by Gasteiger charge is 2.25. The molecule has 17 heavy (non-hydrogen) atoms. The van der Waals surface area contributed by atoms with E-state index in [-0.39, 0.29) is 5.41 Å². The highest BCUT2D eigenvalue weighted by atomic mass is 14.5. The quantitative estimate of drug-likeness (QED) is 0.668. The SMILES string of the molecule is C=C1/C=C\C=C/Cc2ccc(N)cc2C1(C)C. The summed E-state index contributed by atoms with van der Waals surface area (Å²) < 4.78 is 0. The Bertz CT molecular complexity index is 504. The second kappa shape index (κ2) is 4.25. The number of rotatable bonds is 0. The fraction of sp³-hybridized carbons (Fsp3) is 0.250. The zero-order valence-corrected chi connectivity index (χ0v) is 10.5. The van der Waals surface area contributed by atoms with Crippen LogP contribution in [0.15, 0.2) is 54.7 Å². The number of fused-ring (bicyclic) bond motifs is 1. The van der Waals surface area contributed by atoms with Crippen molar-refractivity contribution in [1.82, 2.24) is 0 Å². The van der Waals surface area contributed by atoms with Crippen LogP contribution >= 0.6 is 0 Å². The smallest absolute Gasteiger partial charge is 0.0317 e. The Morgan fingerprint density at radius 3 is 2.76 bits per heavy atom. The highest BCUT2D eigenvalue weighted by molar-refractivity contribution is 5.52. The zero-order chi connectivity index (χ0) is 12.5. The van der Waals surface area contributed by atoms with Crippen LogP contribution in [0.2, 0.25) is 0 Å². The summed E-state index contributed by atoms with van der Waals surface area (Å²) in [6.45, 7) is 8.57. The monoisotopic (exact) mass is 225 g/mol. The summed E-state index contributed by atoms with van der Waals surface area (Å²) in [7, 11) is 0. The van der Waals surface area contributed by atoms with Crippen molar-refractivity contribution < 1.29 is 0 Å². The molecule has 0 amide bonds. The molecular formula is C16H19N. The third-order valence-corrected chi connectivity index (χ3v) is 3.49. The first kappa shape index (κ1) is 11.7. The van der Waals surface area contributed by atoms with E-state index in [0.717, 1.165) is 17.7 Å². The maximum absolute atomic E-state index is 5.91. The van der Waals surface area contributed by atoms with Gasteiger partial charge in [0, 0.05) is 11.1 Å². The Morgan fingerprint density at radius 2 is 2.00 bits per heavy atom. The maximum atomic E-state index is 5.91. The van der Waals surface area contributed by atoms with Gasteiger partial charge in [0.2, 0.25) is 0 Å². The summed E-state index contributed by atoms with van der Waals surface area (Å²) in [5.41, 5.74) is 10.4. The van der Waals surface area contributed by atoms with Crippen molar-refractivity contribution >= 4 is 5.69 Å². The fourth-order valence-electron chi connectivity index (χ4n) is 2.18. The minimum absolute atomic E-state index is 0.0762. The summed E-state index contributed by atoms with van der Waals surface area (Å²) >= 11 is 0. The van der Waals surface area contributed by atoms with E-state index in [1.165, 1.54) is 11.1 Å². The molecule has 2 N–H and O–H groups in total. The van der Waals surface area contributed by atoms with E-state index >= 15 is 0 Å². The molecule has 0 aromatic heterocycles. The topological polar surface area (TPSA) is 26.0 Å². The van der Waals surface area contributed by atoms with Gasteiger partial charge in [0.15, 0.2) is 0 Å². The lowest BCUT2D eigenvalue weighted by molar-refractivity contribution is 0.635. The van der Waals surface area contributed by atoms with Crippen LogP contribution in [0.5, 0.6) is 0 Å². The molecule has 0 unspecified atom stereocenters. The third kappa shape index (κ3) is 2.19. The van der Waals surface area contributed by atoms with E-state index in [4.69, 9.17) is 5.73 Å². The van der Waals surface area contributed by atoms with E-state index in [2.05, 4.69) is 56.9 Å². The Morgan fingerprint density at radius 1 is 1.24 bits per heavy atom. The lowest BCUT2D eigenvalue weighted by Crippen LogP contribution is -2.21. The van der Waals surface area contributed by atoms with E-state index in [1.807, 2.05) is 6.07 Å². The molecule has 0 spiro atoms. The lowest BCUT2D eigenvalue weighted by Gasteiger charge is -2.28. The van der Waals surface area contributed by atoms with Crippen molar-refractivity contribution in [2.24, 2.45) is 0 Å². The summed E-state index contributed by atoms with van der Waals surface area (Å²) in [5, 5.41) is 0. The van der Waals surface area contributed by atoms with Gasteiger partial charge in [-0.3, -0.25) is 0 Å². The predicted molar refractivity (Wildman–Crippen MR) is 75.0 cm³/mol. The van der Waals surface area contributed by atoms with E-state index < -0.39 is 0 Å². The van der Waals surface area contributed by atoms with Gasteiger partial charge in [-0.2, -0.15) is 0 Å². The average Bonchev–Trinajstić information content (AvgIpc) is 2.33. The van der Waals surface area contributed by atoms with E-state index in [9.17, 15) is 0 Å². The minimum atomic E-state index is -0.0762. The standard InChI is InChI=1S/C16H19N/c1-12-7-5-4-6-8-13-9-10-14(17)11-15(13)16(12,2)3/h4-7,9-11H,1,8,17H2,2-3H3/b6-4-,7-5-. The van der Waals surface area contributed by atoms with Crippen LogP contribution < -0.4 is 5.73 Å². The molecule has 0 saturated heterocycles. The van der Waals surface area contributed by atoms with Crippen LogP contribution in [-0.4, -0.2) is 0 Å². The van der Waals surface area contributed by atoms with Gasteiger partial charge in [-0.05, 0) is 35.3 Å². The van der Waals surface area contributed by atoms with Gasteiger partial charge >= 0.3 is 0 Å². The molecule has 0 heterocycles. The van der Waals surface area contributed by atoms with Gasteiger partial charge in [-0.25, -0.2) is 0 Å². The molecule has 0 radical (unpaired) electrons. The maximum Gasteiger partial charge on any atom is 0.0317 e. The van der Waals surface area contributed by atoms with E-state index in [1.54, 1.807) is 0 Å². The van der Waals surface area contributed by atoms with Gasteiger partial charge in [0.25, 0.3) is 0 Å². The number of nitrogen functional groups attached to an aromatic ring is 1. The Hall–Kier alpha value is -1.76. The van der Waals surface area contributed by atoms with Crippen LogP contribution in [0, 0.1) is 0 Å². The van der Waals surface area contributed by atoms with Crippen molar-refractivity contribution in [1.29, 1.82) is 0 Å². The molecule has 88 valence electrons. The molecule has 0 fully saturated rings. The normalized spacial score (nSPS) is 21.9. The fourth-order valence-corrected chi connectivity index (χ4v) is 2.18. The van der Waals surface area contributed by atoms with Crippen molar-refractivity contribution in [2.45, 2.75) is 25.7 Å². The molecule has 1 aromatic rings. The van der Waals surface area contributed by atoms with Gasteiger partial charge in [0.1, 0.15) is 0 Å². The zero-order valence-electron chi connectivity index (χ0n) is 10.5. The average molecular weight is 225 g/mol. The molecule has 0 bridgehead atoms. The lowest BCUT2D eigenvalue weighted by atomic mass is 9.75. The molecule has 1 nitrogen and oxygen atoms in total. The molecule has 2 rings (SSSR count). The molecule has 1 heteroatoms. The van der Waals surface area contributed by atoms with Crippen LogP contribution in [-0.2, 0) is 11.8 Å². The number of anilines is 1. The summed E-state index contributed by atoms with van der Waals surface area (Å²) in [5.74, 6) is 0. The van der Waals surface area contributed by atoms with Crippen molar-refractivity contribution in [3.8, 4) is 0 Å². The number of hydrogen-bond donors (Lipinski definition) is 1. The molecule has 0 aliphatic heterocycles. The van der Waals surface area contributed by atoms with Gasteiger partial charge in [-0.15, -0.1) is 0 Å². The van der Waals surface area contributed by atoms with Gasteiger partial charge < -0.3 is 5.73 Å². The Balaban J connectivity index is 2.63. The summed E-state index contributed by atoms with van der Waals surface area (Å²) in [4.78, 5) is 0. The first-order valence-corrected chi connectivity index (χ1v) is 5.93. The molecule has 0 atom stereocenters. The second-order valence-corrected chi connectivity index (χ2v) is 5.06. The predicted octanol–water partition coefficient (Wildman–Crippen LogP) is 3.77. The minimum Gasteiger partial charge on any atom is -0.399 e. The van der Waals surface area contributed by atoms with Crippen LogP contribution in [0.3, 0.4) is 0 Å². The first-order chi connectivity index (χ1) is 8.01. The van der Waals surface area contributed by atoms with Crippen molar-refractivity contribution in [3.63, 3.8) is 0 Å². The molecular weight excluding hydrogens is 206 g/mol. The molecule has 0 saturated carbocycles. The van der Waals surface area contributed by atoms with Gasteiger partial charge in [-0.1, -0.05) is 50.8 Å². The second-order valence-electron chi connectivity index (χ2n) is 5.06. The number of hydrogen-bond acceptors (Lipinski definition) is 1. The van der Waals surface area contributed by atoms with Crippen molar-refractivity contribution in [2.75, 3.05) is 5.73 Å². The molecule has 1 aliphatic rings. The van der Waals surface area contributed by atoms with Crippen LogP contribution in [0.1, 0.15) is 25.0 Å². The van der Waals surface area contributed by atoms with Crippen LogP contribution in [0.4, 0.5) is 5.69 Å². The highest BCUT2D eigenvalue weighted by Crippen LogP contribution is 2.35. The van der Waals surface area contributed by atoms with Crippen molar-refractivity contribution in [3.05, 3.63) is 65.8 Å². The van der Waals surface area contributed by atoms with Gasteiger partial charge in [0.05, 0.1) is 0 Å². The third-order valence-electron chi connectivity index (χ3n) is 3.49. The number of allylic oxidation sites excluding steroid dienone is 5. The largest absolute Gasteiger partial charge is 0.399 e. The first-order valence-electron chi connectivity index (χ1n) is 5.93. The Kier molecular flexibility index (Phi) is 2.93. The summed E-state index contributed by atoms with van der Waals surface area (Å²) in [6, 6.07) is 6.17. The Labute approximate surface area is 103 Å². The molecule has 1 aliphatic carbocycles. The van der Waals surface area contributed by atoms with Crippen LogP contribution in [0.25, 0.3) is 0 Å².